The molecule has 0 aromatic heterocycles. The number of allylic oxidation sites excluding steroid dienone is 1. The van der Waals surface area contributed by atoms with E-state index in [1.165, 1.54) is 0 Å². The summed E-state index contributed by atoms with van der Waals surface area (Å²) in [4.78, 5) is 16.3. The standard InChI is InChI=1S/C37H55NO5SSi/c1-8-9-10-17-25-34(42-36(39)29-19-13-11-14-20-29)35(44(40,41)31-22-15-12-16-23-31)32-24-18-21-30-26-27-33(28(2)38(30)32)43-45(6,7)37(3,4)5/h11-17,19-20,22-23,25,28,30,32-35H,8-10,18,21,24,26-27H2,1-7H3/b25-17+/t28-,30-,32-,33+,34?,35?/m0/s1. The SMILES string of the molecule is CCCC/C=C/C(OC(=O)c1ccccc1)C([C@@H]1CCC[C@H]2CC[C@@H](O[Si](C)(C)C(C)(C)C)[C@H](C)N21)S(=O)(=O)c1ccccc1. The molecule has 2 aliphatic rings. The molecular formula is C37H55NO5SSi. The summed E-state index contributed by atoms with van der Waals surface area (Å²) in [5.74, 6) is -0.507. The summed E-state index contributed by atoms with van der Waals surface area (Å²) in [6, 6.07) is 17.5. The maximum absolute atomic E-state index is 14.8. The zero-order chi connectivity index (χ0) is 32.8. The quantitative estimate of drug-likeness (QED) is 0.0989. The molecule has 2 unspecified atom stereocenters. The molecule has 8 heteroatoms. The molecule has 248 valence electrons. The Bertz CT molecular complexity index is 1370. The maximum Gasteiger partial charge on any atom is 0.338 e. The van der Waals surface area contributed by atoms with E-state index < -0.39 is 35.5 Å². The number of hydrogen-bond donors (Lipinski definition) is 0. The second-order valence-electron chi connectivity index (χ2n) is 14.5. The Balaban J connectivity index is 1.80. The first kappa shape index (κ1) is 35.6. The molecule has 45 heavy (non-hydrogen) atoms. The minimum absolute atomic E-state index is 0.0215. The third-order valence-electron chi connectivity index (χ3n) is 10.3. The fraction of sp³-hybridized carbons (Fsp3) is 0.595. The van der Waals surface area contributed by atoms with Gasteiger partial charge in [0.25, 0.3) is 0 Å². The van der Waals surface area contributed by atoms with E-state index in [-0.39, 0.29) is 34.2 Å². The minimum atomic E-state index is -3.92. The van der Waals surface area contributed by atoms with E-state index in [4.69, 9.17) is 9.16 Å². The van der Waals surface area contributed by atoms with Gasteiger partial charge in [-0.2, -0.15) is 0 Å². The van der Waals surface area contributed by atoms with Crippen molar-refractivity contribution in [3.8, 4) is 0 Å². The normalized spacial score (nSPS) is 24.6. The van der Waals surface area contributed by atoms with Crippen molar-refractivity contribution in [2.45, 2.75) is 145 Å². The number of benzene rings is 2. The molecule has 4 rings (SSSR count). The lowest BCUT2D eigenvalue weighted by Gasteiger charge is -2.55. The molecule has 2 heterocycles. The monoisotopic (exact) mass is 653 g/mol. The lowest BCUT2D eigenvalue weighted by molar-refractivity contribution is -0.0606. The van der Waals surface area contributed by atoms with Gasteiger partial charge >= 0.3 is 5.97 Å². The molecule has 0 aliphatic carbocycles. The number of ether oxygens (including phenoxy) is 1. The topological polar surface area (TPSA) is 72.9 Å². The van der Waals surface area contributed by atoms with Gasteiger partial charge in [0.1, 0.15) is 11.4 Å². The van der Waals surface area contributed by atoms with Gasteiger partial charge < -0.3 is 9.16 Å². The Morgan fingerprint density at radius 3 is 2.27 bits per heavy atom. The van der Waals surface area contributed by atoms with E-state index in [9.17, 15) is 13.2 Å². The smallest absolute Gasteiger partial charge is 0.338 e. The zero-order valence-electron chi connectivity index (χ0n) is 28.4. The van der Waals surface area contributed by atoms with Gasteiger partial charge in [-0.25, -0.2) is 13.2 Å². The predicted molar refractivity (Wildman–Crippen MR) is 186 cm³/mol. The Kier molecular flexibility index (Phi) is 11.9. The number of rotatable bonds is 12. The van der Waals surface area contributed by atoms with Crippen molar-refractivity contribution >= 4 is 24.1 Å². The fourth-order valence-corrected chi connectivity index (χ4v) is 10.3. The summed E-state index contributed by atoms with van der Waals surface area (Å²) in [7, 11) is -5.98. The van der Waals surface area contributed by atoms with E-state index in [1.807, 2.05) is 24.3 Å². The first-order chi connectivity index (χ1) is 21.3. The van der Waals surface area contributed by atoms with Gasteiger partial charge in [0, 0.05) is 18.1 Å². The van der Waals surface area contributed by atoms with E-state index >= 15 is 0 Å². The van der Waals surface area contributed by atoms with E-state index in [2.05, 4.69) is 52.6 Å². The summed E-state index contributed by atoms with van der Waals surface area (Å²) >= 11 is 0. The largest absolute Gasteiger partial charge is 0.453 e. The van der Waals surface area contributed by atoms with Gasteiger partial charge in [0.2, 0.25) is 0 Å². The molecule has 2 fully saturated rings. The first-order valence-electron chi connectivity index (χ1n) is 16.9. The number of hydrogen-bond acceptors (Lipinski definition) is 6. The van der Waals surface area contributed by atoms with E-state index in [0.29, 0.717) is 12.0 Å². The zero-order valence-corrected chi connectivity index (χ0v) is 30.3. The summed E-state index contributed by atoms with van der Waals surface area (Å²) in [5, 5.41) is -0.897. The lowest BCUT2D eigenvalue weighted by atomic mass is 9.82. The van der Waals surface area contributed by atoms with Crippen LogP contribution >= 0.6 is 0 Å². The summed E-state index contributed by atoms with van der Waals surface area (Å²) in [6.07, 6.45) is 10.4. The second-order valence-corrected chi connectivity index (χ2v) is 21.3. The number of esters is 1. The van der Waals surface area contributed by atoms with E-state index in [0.717, 1.165) is 44.9 Å². The van der Waals surface area contributed by atoms with Crippen molar-refractivity contribution < 1.29 is 22.4 Å². The molecule has 6 atom stereocenters. The van der Waals surface area contributed by atoms with Gasteiger partial charge in [0.05, 0.1) is 16.6 Å². The van der Waals surface area contributed by atoms with Crippen LogP contribution in [0.4, 0.5) is 0 Å². The number of unbranched alkanes of at least 4 members (excludes halogenated alkanes) is 2. The number of nitrogens with zero attached hydrogens (tertiary/aromatic N) is 1. The first-order valence-corrected chi connectivity index (χ1v) is 21.4. The molecule has 0 amide bonds. The summed E-state index contributed by atoms with van der Waals surface area (Å²) in [6.45, 7) is 15.7. The van der Waals surface area contributed by atoms with Crippen molar-refractivity contribution in [1.82, 2.24) is 4.90 Å². The summed E-state index contributed by atoms with van der Waals surface area (Å²) in [5.41, 5.74) is 0.413. The number of carbonyl (C=O) groups is 1. The van der Waals surface area contributed by atoms with Gasteiger partial charge in [-0.1, -0.05) is 89.4 Å². The third-order valence-corrected chi connectivity index (χ3v) is 17.1. The van der Waals surface area contributed by atoms with Crippen LogP contribution in [0.1, 0.15) is 96.3 Å². The Morgan fingerprint density at radius 2 is 1.64 bits per heavy atom. The number of fused-ring (bicyclic) bond motifs is 1. The molecule has 0 saturated carbocycles. The van der Waals surface area contributed by atoms with Crippen molar-refractivity contribution in [2.75, 3.05) is 0 Å². The molecule has 0 spiro atoms. The van der Waals surface area contributed by atoms with Crippen molar-refractivity contribution in [3.05, 3.63) is 78.4 Å². The van der Waals surface area contributed by atoms with Crippen LogP contribution in [0.25, 0.3) is 0 Å². The number of carbonyl (C=O) groups excluding carboxylic acids is 1. The van der Waals surface area contributed by atoms with Gasteiger partial charge in [0.15, 0.2) is 18.2 Å². The maximum atomic E-state index is 14.8. The Morgan fingerprint density at radius 1 is 1.00 bits per heavy atom. The van der Waals surface area contributed by atoms with Crippen LogP contribution < -0.4 is 0 Å². The van der Waals surface area contributed by atoms with Crippen LogP contribution in [-0.2, 0) is 19.0 Å². The summed E-state index contributed by atoms with van der Waals surface area (Å²) < 4.78 is 42.9. The highest BCUT2D eigenvalue weighted by Gasteiger charge is 2.51. The van der Waals surface area contributed by atoms with Crippen LogP contribution in [-0.4, -0.2) is 63.2 Å². The van der Waals surface area contributed by atoms with Crippen LogP contribution in [0.5, 0.6) is 0 Å². The highest BCUT2D eigenvalue weighted by atomic mass is 32.2. The van der Waals surface area contributed by atoms with Crippen LogP contribution in [0.2, 0.25) is 18.1 Å². The molecule has 2 aromatic carbocycles. The van der Waals surface area contributed by atoms with Gasteiger partial charge in [-0.05, 0) is 87.5 Å². The van der Waals surface area contributed by atoms with Crippen molar-refractivity contribution in [3.63, 3.8) is 0 Å². The van der Waals surface area contributed by atoms with Gasteiger partial charge in [-0.3, -0.25) is 4.90 Å². The predicted octanol–water partition coefficient (Wildman–Crippen LogP) is 8.60. The molecule has 2 saturated heterocycles. The number of sulfone groups is 1. The molecule has 0 bridgehead atoms. The van der Waals surface area contributed by atoms with Crippen LogP contribution in [0.15, 0.2) is 77.7 Å². The van der Waals surface area contributed by atoms with Crippen molar-refractivity contribution in [2.24, 2.45) is 0 Å². The molecule has 2 aliphatic heterocycles. The van der Waals surface area contributed by atoms with Crippen molar-refractivity contribution in [1.29, 1.82) is 0 Å². The molecule has 0 N–H and O–H groups in total. The molecule has 2 aromatic rings. The molecule has 0 radical (unpaired) electrons. The highest BCUT2D eigenvalue weighted by molar-refractivity contribution is 7.92. The Hall–Kier alpha value is -2.26. The highest BCUT2D eigenvalue weighted by Crippen LogP contribution is 2.43. The third kappa shape index (κ3) is 8.37. The average Bonchev–Trinajstić information content (AvgIpc) is 3.01. The second kappa shape index (κ2) is 15.1. The van der Waals surface area contributed by atoms with E-state index in [1.54, 1.807) is 48.5 Å². The number of piperidine rings is 2. The minimum Gasteiger partial charge on any atom is -0.453 e. The lowest BCUT2D eigenvalue weighted by Crippen LogP contribution is -2.65. The Labute approximate surface area is 273 Å². The molecule has 6 nitrogen and oxygen atoms in total. The van der Waals surface area contributed by atoms with Crippen LogP contribution in [0.3, 0.4) is 0 Å². The van der Waals surface area contributed by atoms with Crippen LogP contribution in [0, 0.1) is 0 Å². The molecular weight excluding hydrogens is 599 g/mol. The average molecular weight is 654 g/mol. The fourth-order valence-electron chi connectivity index (χ4n) is 6.80. The van der Waals surface area contributed by atoms with Gasteiger partial charge in [-0.15, -0.1) is 0 Å².